The molecular weight excluding hydrogens is 386 g/mol. The van der Waals surface area contributed by atoms with E-state index in [9.17, 15) is 9.59 Å². The predicted octanol–water partition coefficient (Wildman–Crippen LogP) is 5.11. The summed E-state index contributed by atoms with van der Waals surface area (Å²) in [6.07, 6.45) is 0.135. The Hall–Kier alpha value is -3.73. The fraction of sp³-hybridized carbons (Fsp3) is 0.192. The molecule has 0 radical (unpaired) electrons. The maximum atomic E-state index is 13.3. The Bertz CT molecular complexity index is 1200. The molecule has 3 aromatic carbocycles. The number of nitrogens with one attached hydrogen (secondary N) is 1. The van der Waals surface area contributed by atoms with Crippen molar-refractivity contribution >= 4 is 34.6 Å². The van der Waals surface area contributed by atoms with Crippen LogP contribution in [0, 0.1) is 20.8 Å². The highest BCUT2D eigenvalue weighted by Gasteiger charge is 2.27. The molecule has 1 aliphatic heterocycles. The van der Waals surface area contributed by atoms with Gasteiger partial charge in [-0.1, -0.05) is 54.1 Å². The maximum Gasteiger partial charge on any atom is 0.244 e. The molecule has 4 rings (SSSR count). The Labute approximate surface area is 182 Å². The quantitative estimate of drug-likeness (QED) is 0.649. The van der Waals surface area contributed by atoms with Gasteiger partial charge in [-0.2, -0.15) is 0 Å². The number of amides is 2. The summed E-state index contributed by atoms with van der Waals surface area (Å²) in [6, 6.07) is 21.2. The van der Waals surface area contributed by atoms with E-state index in [4.69, 9.17) is 4.99 Å². The average molecular weight is 412 g/mol. The van der Waals surface area contributed by atoms with Gasteiger partial charge in [0, 0.05) is 5.69 Å². The molecule has 31 heavy (non-hydrogen) atoms. The van der Waals surface area contributed by atoms with Crippen molar-refractivity contribution in [2.75, 3.05) is 16.8 Å². The van der Waals surface area contributed by atoms with Crippen molar-refractivity contribution in [3.05, 3.63) is 89.0 Å². The molecule has 0 aromatic heterocycles. The second-order valence-electron chi connectivity index (χ2n) is 7.89. The van der Waals surface area contributed by atoms with Crippen LogP contribution in [-0.2, 0) is 9.59 Å². The molecule has 2 amide bonds. The fourth-order valence-corrected chi connectivity index (χ4v) is 3.86. The first-order chi connectivity index (χ1) is 14.9. The summed E-state index contributed by atoms with van der Waals surface area (Å²) in [5.74, 6) is -0.393. The van der Waals surface area contributed by atoms with Gasteiger partial charge in [0.15, 0.2) is 0 Å². The number of hydrogen-bond acceptors (Lipinski definition) is 3. The molecule has 156 valence electrons. The van der Waals surface area contributed by atoms with E-state index < -0.39 is 0 Å². The van der Waals surface area contributed by atoms with E-state index in [0.717, 1.165) is 33.7 Å². The van der Waals surface area contributed by atoms with Crippen molar-refractivity contribution in [3.8, 4) is 0 Å². The van der Waals surface area contributed by atoms with E-state index in [1.165, 1.54) is 4.90 Å². The maximum absolute atomic E-state index is 13.3. The van der Waals surface area contributed by atoms with Crippen LogP contribution in [0.3, 0.4) is 0 Å². The zero-order valence-corrected chi connectivity index (χ0v) is 18.0. The minimum Gasteiger partial charge on any atom is -0.324 e. The van der Waals surface area contributed by atoms with Gasteiger partial charge in [-0.3, -0.25) is 14.6 Å². The minimum absolute atomic E-state index is 0.0696. The molecule has 0 unspecified atom stereocenters. The van der Waals surface area contributed by atoms with Crippen LogP contribution in [0.1, 0.15) is 28.7 Å². The van der Waals surface area contributed by atoms with E-state index in [0.29, 0.717) is 11.4 Å². The van der Waals surface area contributed by atoms with Crippen molar-refractivity contribution in [1.29, 1.82) is 0 Å². The lowest BCUT2D eigenvalue weighted by Gasteiger charge is -2.22. The molecule has 5 nitrogen and oxygen atoms in total. The molecule has 0 saturated heterocycles. The first-order valence-corrected chi connectivity index (χ1v) is 10.3. The number of fused-ring (bicyclic) bond motifs is 1. The second-order valence-corrected chi connectivity index (χ2v) is 7.89. The molecule has 1 aliphatic rings. The lowest BCUT2D eigenvalue weighted by Crippen LogP contribution is -2.38. The smallest absolute Gasteiger partial charge is 0.244 e. The third-order valence-corrected chi connectivity index (χ3v) is 5.46. The van der Waals surface area contributed by atoms with Gasteiger partial charge >= 0.3 is 0 Å². The van der Waals surface area contributed by atoms with Crippen LogP contribution in [-0.4, -0.2) is 24.1 Å². The first-order valence-electron chi connectivity index (χ1n) is 10.3. The number of benzene rings is 3. The minimum atomic E-state index is -0.243. The number of aryl methyl sites for hydroxylation is 3. The molecule has 3 aromatic rings. The van der Waals surface area contributed by atoms with Gasteiger partial charge in [0.2, 0.25) is 11.8 Å². The van der Waals surface area contributed by atoms with Gasteiger partial charge < -0.3 is 10.2 Å². The van der Waals surface area contributed by atoms with Crippen LogP contribution in [0.5, 0.6) is 0 Å². The van der Waals surface area contributed by atoms with Gasteiger partial charge in [0.25, 0.3) is 0 Å². The first kappa shape index (κ1) is 20.5. The van der Waals surface area contributed by atoms with Crippen molar-refractivity contribution in [2.45, 2.75) is 27.2 Å². The number of hydrogen-bond donors (Lipinski definition) is 1. The van der Waals surface area contributed by atoms with Gasteiger partial charge in [0.05, 0.1) is 23.5 Å². The van der Waals surface area contributed by atoms with Crippen LogP contribution in [0.25, 0.3) is 0 Å². The third kappa shape index (κ3) is 4.40. The molecule has 0 fully saturated rings. The number of nitrogens with zero attached hydrogens (tertiary/aromatic N) is 2. The van der Waals surface area contributed by atoms with Crippen LogP contribution in [0.15, 0.2) is 71.7 Å². The molecule has 0 atom stereocenters. The summed E-state index contributed by atoms with van der Waals surface area (Å²) in [6.45, 7) is 5.94. The Balaban J connectivity index is 1.64. The highest BCUT2D eigenvalue weighted by atomic mass is 16.2. The Morgan fingerprint density at radius 1 is 0.968 bits per heavy atom. The Morgan fingerprint density at radius 2 is 1.71 bits per heavy atom. The zero-order chi connectivity index (χ0) is 22.0. The SMILES string of the molecule is Cc1ccc(C2=Nc3ccccc3N(CC(=O)Nc3ccccc3C)C(=O)C2)c(C)c1. The normalized spacial score (nSPS) is 13.3. The number of carbonyl (C=O) groups is 2. The van der Waals surface area contributed by atoms with Crippen molar-refractivity contribution in [3.63, 3.8) is 0 Å². The summed E-state index contributed by atoms with van der Waals surface area (Å²) >= 11 is 0. The standard InChI is InChI=1S/C26H25N3O2/c1-17-12-13-20(19(3)14-17)23-15-26(31)29(24-11-7-6-10-22(24)27-23)16-25(30)28-21-9-5-4-8-18(21)2/h4-14H,15-16H2,1-3H3,(H,28,30). The summed E-state index contributed by atoms with van der Waals surface area (Å²) in [5.41, 5.74) is 6.97. The number of anilines is 2. The lowest BCUT2D eigenvalue weighted by molar-refractivity contribution is -0.120. The van der Waals surface area contributed by atoms with Gasteiger partial charge in [-0.15, -0.1) is 0 Å². The summed E-state index contributed by atoms with van der Waals surface area (Å²) < 4.78 is 0. The largest absolute Gasteiger partial charge is 0.324 e. The number of aliphatic imine (C=N–C) groups is 1. The van der Waals surface area contributed by atoms with E-state index in [1.54, 1.807) is 0 Å². The monoisotopic (exact) mass is 411 g/mol. The predicted molar refractivity (Wildman–Crippen MR) is 125 cm³/mol. The number of carbonyl (C=O) groups excluding carboxylic acids is 2. The van der Waals surface area contributed by atoms with Crippen LogP contribution < -0.4 is 10.2 Å². The highest BCUT2D eigenvalue weighted by molar-refractivity contribution is 6.19. The van der Waals surface area contributed by atoms with Crippen molar-refractivity contribution < 1.29 is 9.59 Å². The Morgan fingerprint density at radius 3 is 2.48 bits per heavy atom. The van der Waals surface area contributed by atoms with E-state index in [1.807, 2.05) is 81.4 Å². The van der Waals surface area contributed by atoms with Crippen LogP contribution in [0.4, 0.5) is 17.1 Å². The second kappa shape index (κ2) is 8.56. The molecular formula is C26H25N3O2. The van der Waals surface area contributed by atoms with Crippen molar-refractivity contribution in [2.24, 2.45) is 4.99 Å². The number of rotatable bonds is 4. The molecule has 0 saturated carbocycles. The zero-order valence-electron chi connectivity index (χ0n) is 18.0. The van der Waals surface area contributed by atoms with Crippen molar-refractivity contribution in [1.82, 2.24) is 0 Å². The summed E-state index contributed by atoms with van der Waals surface area (Å²) in [7, 11) is 0. The molecule has 5 heteroatoms. The highest BCUT2D eigenvalue weighted by Crippen LogP contribution is 2.33. The Kier molecular flexibility index (Phi) is 5.67. The van der Waals surface area contributed by atoms with Gasteiger partial charge in [-0.25, -0.2) is 0 Å². The molecule has 0 bridgehead atoms. The summed E-state index contributed by atoms with van der Waals surface area (Å²) in [4.78, 5) is 32.4. The molecule has 1 heterocycles. The molecule has 1 N–H and O–H groups in total. The van der Waals surface area contributed by atoms with E-state index in [2.05, 4.69) is 11.4 Å². The summed E-state index contributed by atoms with van der Waals surface area (Å²) in [5, 5.41) is 2.92. The van der Waals surface area contributed by atoms with E-state index in [-0.39, 0.29) is 24.8 Å². The topological polar surface area (TPSA) is 61.8 Å². The molecule has 0 spiro atoms. The van der Waals surface area contributed by atoms with Gasteiger partial charge in [0.1, 0.15) is 6.54 Å². The van der Waals surface area contributed by atoms with E-state index >= 15 is 0 Å². The van der Waals surface area contributed by atoms with Gasteiger partial charge in [-0.05, 0) is 55.7 Å². The number of para-hydroxylation sites is 3. The van der Waals surface area contributed by atoms with Crippen LogP contribution in [0.2, 0.25) is 0 Å². The lowest BCUT2D eigenvalue weighted by atomic mass is 9.99. The molecule has 0 aliphatic carbocycles. The third-order valence-electron chi connectivity index (χ3n) is 5.46. The fourth-order valence-electron chi connectivity index (χ4n) is 3.86. The average Bonchev–Trinajstić information content (AvgIpc) is 2.86. The van der Waals surface area contributed by atoms with Crippen LogP contribution >= 0.6 is 0 Å².